The molecule has 0 aromatic carbocycles. The third-order valence-electron chi connectivity index (χ3n) is 2.88. The predicted molar refractivity (Wildman–Crippen MR) is 63.5 cm³/mol. The summed E-state index contributed by atoms with van der Waals surface area (Å²) < 4.78 is 58.9. The fraction of sp³-hybridized carbons (Fsp3) is 0.778. The van der Waals surface area contributed by atoms with Gasteiger partial charge < -0.3 is 19.9 Å². The first-order valence-corrected chi connectivity index (χ1v) is 8.16. The number of hydrogen-bond donors (Lipinski definition) is 3. The summed E-state index contributed by atoms with van der Waals surface area (Å²) in [5.74, 6) is 0.585. The highest BCUT2D eigenvalue weighted by atomic mass is 32.2. The molecule has 2 aliphatic heterocycles. The first-order valence-electron chi connectivity index (χ1n) is 5.30. The maximum Gasteiger partial charge on any atom is 0.485 e. The van der Waals surface area contributed by atoms with Crippen molar-refractivity contribution in [1.29, 1.82) is 0 Å². The number of fused-ring (bicyclic) bond motifs is 1. The van der Waals surface area contributed by atoms with Crippen molar-refractivity contribution >= 4 is 21.0 Å². The number of aliphatic hydroxyl groups excluding tert-OH is 3. The van der Waals surface area contributed by atoms with Gasteiger partial charge in [0.05, 0.1) is 0 Å². The van der Waals surface area contributed by atoms with Crippen LogP contribution in [0.4, 0.5) is 13.2 Å². The maximum atomic E-state index is 10.7. The minimum absolute atomic E-state index is 0.146. The molecule has 2 rings (SSSR count). The Morgan fingerprint density at radius 1 is 1.25 bits per heavy atom. The third-order valence-corrected chi connectivity index (χ3v) is 6.31. The van der Waals surface area contributed by atoms with Gasteiger partial charge in [-0.3, -0.25) is 0 Å². The average Bonchev–Trinajstić information content (AvgIpc) is 2.67. The van der Waals surface area contributed by atoms with E-state index in [0.29, 0.717) is 12.2 Å². The normalized spacial score (nSPS) is 37.4. The summed E-state index contributed by atoms with van der Waals surface area (Å²) in [5, 5.41) is 28.2. The number of aliphatic hydroxyl groups is 3. The summed E-state index contributed by atoms with van der Waals surface area (Å²) in [6, 6.07) is 0. The SMILES string of the molecule is C=C1C[C@H](O)[C@@H]2[C@@H](O)[C@H](O)C[S+]12.O=S(=O)([O-])C(F)(F)F. The van der Waals surface area contributed by atoms with Crippen LogP contribution >= 0.6 is 0 Å². The molecule has 2 aliphatic rings. The highest BCUT2D eigenvalue weighted by molar-refractivity contribution is 8.01. The Morgan fingerprint density at radius 3 is 2.05 bits per heavy atom. The molecule has 20 heavy (non-hydrogen) atoms. The van der Waals surface area contributed by atoms with E-state index >= 15 is 0 Å². The second-order valence-corrected chi connectivity index (χ2v) is 8.01. The van der Waals surface area contributed by atoms with Crippen molar-refractivity contribution in [2.45, 2.75) is 35.5 Å². The Kier molecular flexibility index (Phi) is 5.15. The van der Waals surface area contributed by atoms with Crippen LogP contribution in [0.5, 0.6) is 0 Å². The average molecular weight is 338 g/mol. The lowest BCUT2D eigenvalue weighted by molar-refractivity contribution is -0.0517. The smallest absolute Gasteiger partial charge is 0.485 e. The summed E-state index contributed by atoms with van der Waals surface area (Å²) in [6.45, 7) is 3.85. The lowest BCUT2D eigenvalue weighted by atomic mass is 10.1. The van der Waals surface area contributed by atoms with Crippen molar-refractivity contribution in [1.82, 2.24) is 0 Å². The van der Waals surface area contributed by atoms with Crippen LogP contribution < -0.4 is 0 Å². The molecule has 0 radical (unpaired) electrons. The molecular weight excluding hydrogens is 325 g/mol. The van der Waals surface area contributed by atoms with Crippen molar-refractivity contribution in [3.8, 4) is 0 Å². The minimum Gasteiger partial charge on any atom is -0.741 e. The fourth-order valence-electron chi connectivity index (χ4n) is 1.96. The van der Waals surface area contributed by atoms with E-state index < -0.39 is 33.9 Å². The Morgan fingerprint density at radius 2 is 1.70 bits per heavy atom. The molecule has 0 aliphatic carbocycles. The molecule has 5 atom stereocenters. The highest BCUT2D eigenvalue weighted by Gasteiger charge is 2.59. The van der Waals surface area contributed by atoms with E-state index in [0.717, 1.165) is 4.91 Å². The van der Waals surface area contributed by atoms with Gasteiger partial charge in [-0.05, 0) is 6.58 Å². The zero-order valence-electron chi connectivity index (χ0n) is 9.95. The zero-order chi connectivity index (χ0) is 15.9. The number of rotatable bonds is 0. The van der Waals surface area contributed by atoms with Crippen LogP contribution in [-0.4, -0.2) is 63.1 Å². The highest BCUT2D eigenvalue weighted by Crippen LogP contribution is 2.40. The standard InChI is InChI=1S/C8H13O3S.CHF3O3S/c1-4-2-5(9)8-7(11)6(10)3-12(4)8;2-1(3,4)8(5,6)7/h5-11H,1-3H2;(H,5,6,7)/q+1;/p-1/t5-,6+,7-,8+,12?;/m0./s1. The molecule has 6 nitrogen and oxygen atoms in total. The van der Waals surface area contributed by atoms with Crippen LogP contribution in [0, 0.1) is 0 Å². The second kappa shape index (κ2) is 5.81. The Bertz CT molecular complexity index is 477. The molecule has 0 aromatic heterocycles. The van der Waals surface area contributed by atoms with Crippen molar-refractivity contribution in [2.75, 3.05) is 5.75 Å². The lowest BCUT2D eigenvalue weighted by Gasteiger charge is -2.10. The third kappa shape index (κ3) is 3.65. The van der Waals surface area contributed by atoms with Crippen molar-refractivity contribution in [3.05, 3.63) is 11.5 Å². The minimum atomic E-state index is -6.09. The van der Waals surface area contributed by atoms with Crippen LogP contribution in [0.15, 0.2) is 11.5 Å². The van der Waals surface area contributed by atoms with Gasteiger partial charge in [0.1, 0.15) is 29.0 Å². The predicted octanol–water partition coefficient (Wildman–Crippen LogP) is -0.962. The Hall–Kier alpha value is -0.330. The lowest BCUT2D eigenvalue weighted by Crippen LogP contribution is -2.36. The van der Waals surface area contributed by atoms with Gasteiger partial charge in [-0.15, -0.1) is 0 Å². The monoisotopic (exact) mass is 338 g/mol. The molecule has 2 heterocycles. The molecule has 2 fully saturated rings. The van der Waals surface area contributed by atoms with E-state index in [4.69, 9.17) is 13.0 Å². The Labute approximate surface area is 116 Å². The molecule has 1 unspecified atom stereocenters. The van der Waals surface area contributed by atoms with E-state index in [2.05, 4.69) is 6.58 Å². The molecule has 0 amide bonds. The summed E-state index contributed by atoms with van der Waals surface area (Å²) in [7, 11) is -6.24. The first kappa shape index (κ1) is 17.7. The zero-order valence-corrected chi connectivity index (χ0v) is 11.6. The van der Waals surface area contributed by atoms with E-state index in [1.165, 1.54) is 0 Å². The van der Waals surface area contributed by atoms with E-state index in [-0.39, 0.29) is 16.1 Å². The van der Waals surface area contributed by atoms with Gasteiger partial charge in [0.25, 0.3) is 0 Å². The van der Waals surface area contributed by atoms with Crippen LogP contribution in [0.25, 0.3) is 0 Å². The van der Waals surface area contributed by atoms with E-state index in [9.17, 15) is 28.5 Å². The molecule has 0 spiro atoms. The van der Waals surface area contributed by atoms with Crippen LogP contribution in [0.3, 0.4) is 0 Å². The van der Waals surface area contributed by atoms with E-state index in [1.54, 1.807) is 0 Å². The van der Waals surface area contributed by atoms with Crippen molar-refractivity contribution < 1.29 is 41.5 Å². The van der Waals surface area contributed by atoms with Crippen LogP contribution in [-0.2, 0) is 21.0 Å². The molecule has 2 saturated heterocycles. The van der Waals surface area contributed by atoms with Gasteiger partial charge in [-0.25, -0.2) is 8.42 Å². The van der Waals surface area contributed by atoms with E-state index in [1.807, 2.05) is 0 Å². The van der Waals surface area contributed by atoms with Gasteiger partial charge in [0, 0.05) is 17.3 Å². The summed E-state index contributed by atoms with van der Waals surface area (Å²) >= 11 is 0. The first-order chi connectivity index (χ1) is 8.86. The molecule has 11 heteroatoms. The van der Waals surface area contributed by atoms with Gasteiger partial charge >= 0.3 is 5.51 Å². The molecular formula is C9H13F3O6S2. The topological polar surface area (TPSA) is 118 Å². The number of hydrogen-bond acceptors (Lipinski definition) is 6. The van der Waals surface area contributed by atoms with Crippen molar-refractivity contribution in [2.24, 2.45) is 0 Å². The van der Waals surface area contributed by atoms with Crippen LogP contribution in [0.2, 0.25) is 0 Å². The molecule has 0 aromatic rings. The van der Waals surface area contributed by atoms with Gasteiger partial charge in [0.15, 0.2) is 15.4 Å². The number of halogens is 3. The van der Waals surface area contributed by atoms with Crippen molar-refractivity contribution in [3.63, 3.8) is 0 Å². The summed E-state index contributed by atoms with van der Waals surface area (Å²) in [6.07, 6.45) is -1.31. The molecule has 0 bridgehead atoms. The van der Waals surface area contributed by atoms with Gasteiger partial charge in [-0.1, -0.05) is 0 Å². The Balaban J connectivity index is 0.000000221. The second-order valence-electron chi connectivity index (χ2n) is 4.33. The number of alkyl halides is 3. The summed E-state index contributed by atoms with van der Waals surface area (Å²) in [4.78, 5) is 1.00. The maximum absolute atomic E-state index is 10.7. The molecule has 118 valence electrons. The molecule has 0 saturated carbocycles. The largest absolute Gasteiger partial charge is 0.741 e. The molecule has 3 N–H and O–H groups in total. The van der Waals surface area contributed by atoms with Gasteiger partial charge in [0.2, 0.25) is 0 Å². The van der Waals surface area contributed by atoms with Gasteiger partial charge in [-0.2, -0.15) is 13.2 Å². The summed E-state index contributed by atoms with van der Waals surface area (Å²) in [5.41, 5.74) is -5.65. The van der Waals surface area contributed by atoms with Crippen LogP contribution in [0.1, 0.15) is 6.42 Å². The quantitative estimate of drug-likeness (QED) is 0.297. The fourth-order valence-corrected chi connectivity index (χ4v) is 4.75.